The molecule has 2 heterocycles. The van der Waals surface area contributed by atoms with Crippen LogP contribution in [0.4, 0.5) is 4.39 Å². The smallest absolute Gasteiger partial charge is 0.244 e. The lowest BCUT2D eigenvalue weighted by molar-refractivity contribution is -0.131. The van der Waals surface area contributed by atoms with Gasteiger partial charge in [0, 0.05) is 13.2 Å². The van der Waals surface area contributed by atoms with Crippen molar-refractivity contribution >= 4 is 5.91 Å². The Labute approximate surface area is 156 Å². The molecule has 0 saturated carbocycles. The number of pyridine rings is 1. The van der Waals surface area contributed by atoms with Crippen molar-refractivity contribution in [1.29, 1.82) is 0 Å². The van der Waals surface area contributed by atoms with Gasteiger partial charge in [-0.05, 0) is 30.7 Å². The summed E-state index contributed by atoms with van der Waals surface area (Å²) in [5.74, 6) is -0.406. The average molecular weight is 369 g/mol. The second kappa shape index (κ2) is 8.39. The number of hydrogen-bond donors (Lipinski definition) is 0. The van der Waals surface area contributed by atoms with Crippen molar-refractivity contribution < 1.29 is 13.9 Å². The minimum atomic E-state index is -0.425. The van der Waals surface area contributed by atoms with Crippen LogP contribution in [0.2, 0.25) is 0 Å². The van der Waals surface area contributed by atoms with E-state index in [1.807, 2.05) is 19.1 Å². The van der Waals surface area contributed by atoms with Crippen LogP contribution in [0.25, 0.3) is 11.4 Å². The number of carbonyl (C=O) groups excluding carboxylic acids is 1. The zero-order valence-electron chi connectivity index (χ0n) is 15.2. The van der Waals surface area contributed by atoms with Gasteiger partial charge in [0.1, 0.15) is 18.8 Å². The third-order valence-electron chi connectivity index (χ3n) is 3.96. The molecule has 0 radical (unpaired) electrons. The number of aryl methyl sites for hydroxylation is 1. The first kappa shape index (κ1) is 18.5. The van der Waals surface area contributed by atoms with Gasteiger partial charge in [-0.3, -0.25) is 9.78 Å². The molecule has 0 fully saturated rings. The van der Waals surface area contributed by atoms with Crippen LogP contribution in [0.3, 0.4) is 0 Å². The quantitative estimate of drug-likeness (QED) is 0.639. The molecule has 0 aliphatic carbocycles. The average Bonchev–Trinajstić information content (AvgIpc) is 3.12. The molecule has 0 aliphatic heterocycles. The first-order chi connectivity index (χ1) is 13.0. The number of aromatic nitrogens is 4. The Kier molecular flexibility index (Phi) is 5.75. The Morgan fingerprint density at radius 3 is 2.78 bits per heavy atom. The Bertz CT molecular complexity index is 910. The third-order valence-corrected chi connectivity index (χ3v) is 3.96. The van der Waals surface area contributed by atoms with Gasteiger partial charge < -0.3 is 9.64 Å². The first-order valence-electron chi connectivity index (χ1n) is 8.47. The number of ether oxygens (including phenoxy) is 1. The van der Waals surface area contributed by atoms with Crippen LogP contribution in [0, 0.1) is 12.7 Å². The van der Waals surface area contributed by atoms with E-state index in [0.717, 1.165) is 5.56 Å². The molecule has 0 spiro atoms. The van der Waals surface area contributed by atoms with E-state index < -0.39 is 5.82 Å². The minimum absolute atomic E-state index is 0.0507. The predicted octanol–water partition coefficient (Wildman–Crippen LogP) is 2.33. The standard InChI is InChI=1S/C19H20FN5O2/c1-14-7-8-16(21-11-14)17-12-25(23-22-17)13-19(26)24(2)9-10-27-18-6-4-3-5-15(18)20/h3-8,11-12H,9-10,13H2,1-2H3. The number of amides is 1. The molecule has 1 amide bonds. The highest BCUT2D eigenvalue weighted by molar-refractivity contribution is 5.75. The predicted molar refractivity (Wildman–Crippen MR) is 97.5 cm³/mol. The Morgan fingerprint density at radius 2 is 2.04 bits per heavy atom. The number of carbonyl (C=O) groups is 1. The summed E-state index contributed by atoms with van der Waals surface area (Å²) in [5, 5.41) is 8.03. The fourth-order valence-corrected chi connectivity index (χ4v) is 2.35. The Balaban J connectivity index is 1.51. The highest BCUT2D eigenvalue weighted by atomic mass is 19.1. The summed E-state index contributed by atoms with van der Waals surface area (Å²) in [6.45, 7) is 2.53. The summed E-state index contributed by atoms with van der Waals surface area (Å²) in [6.07, 6.45) is 3.43. The number of halogens is 1. The largest absolute Gasteiger partial charge is 0.489 e. The van der Waals surface area contributed by atoms with Gasteiger partial charge in [0.05, 0.1) is 18.4 Å². The molecular formula is C19H20FN5O2. The van der Waals surface area contributed by atoms with Crippen LogP contribution in [0.1, 0.15) is 5.56 Å². The van der Waals surface area contributed by atoms with Gasteiger partial charge in [-0.2, -0.15) is 0 Å². The number of likely N-dealkylation sites (N-methyl/N-ethyl adjacent to an activating group) is 1. The van der Waals surface area contributed by atoms with Crippen molar-refractivity contribution in [3.63, 3.8) is 0 Å². The van der Waals surface area contributed by atoms with Crippen molar-refractivity contribution in [3.05, 3.63) is 60.2 Å². The highest BCUT2D eigenvalue weighted by Gasteiger charge is 2.12. The zero-order chi connectivity index (χ0) is 19.2. The SMILES string of the molecule is Cc1ccc(-c2cn(CC(=O)N(C)CCOc3ccccc3F)nn2)nc1. The molecule has 3 rings (SSSR count). The molecule has 140 valence electrons. The molecular weight excluding hydrogens is 349 g/mol. The van der Waals surface area contributed by atoms with Gasteiger partial charge >= 0.3 is 0 Å². The number of para-hydroxylation sites is 1. The van der Waals surface area contributed by atoms with E-state index in [0.29, 0.717) is 17.9 Å². The van der Waals surface area contributed by atoms with Crippen LogP contribution in [0.15, 0.2) is 48.8 Å². The number of nitrogens with zero attached hydrogens (tertiary/aromatic N) is 5. The zero-order valence-corrected chi connectivity index (χ0v) is 15.2. The third kappa shape index (κ3) is 4.87. The molecule has 27 heavy (non-hydrogen) atoms. The maximum atomic E-state index is 13.5. The molecule has 0 N–H and O–H groups in total. The molecule has 0 unspecified atom stereocenters. The molecule has 1 aromatic carbocycles. The molecule has 2 aromatic heterocycles. The minimum Gasteiger partial charge on any atom is -0.489 e. The monoisotopic (exact) mass is 369 g/mol. The van der Waals surface area contributed by atoms with Crippen LogP contribution in [-0.4, -0.2) is 51.0 Å². The molecule has 0 bridgehead atoms. The lowest BCUT2D eigenvalue weighted by Crippen LogP contribution is -2.33. The van der Waals surface area contributed by atoms with Crippen LogP contribution in [-0.2, 0) is 11.3 Å². The fraction of sp³-hybridized carbons (Fsp3) is 0.263. The topological polar surface area (TPSA) is 73.1 Å². The summed E-state index contributed by atoms with van der Waals surface area (Å²) in [7, 11) is 1.66. The van der Waals surface area contributed by atoms with Crippen molar-refractivity contribution in [2.75, 3.05) is 20.2 Å². The highest BCUT2D eigenvalue weighted by Crippen LogP contribution is 2.15. The summed E-state index contributed by atoms with van der Waals surface area (Å²) in [4.78, 5) is 18.1. The van der Waals surface area contributed by atoms with Gasteiger partial charge in [0.15, 0.2) is 11.6 Å². The molecule has 0 saturated heterocycles. The summed E-state index contributed by atoms with van der Waals surface area (Å²) < 4.78 is 20.3. The maximum absolute atomic E-state index is 13.5. The summed E-state index contributed by atoms with van der Waals surface area (Å²) in [6, 6.07) is 9.96. The van der Waals surface area contributed by atoms with E-state index >= 15 is 0 Å². The molecule has 0 aliphatic rings. The van der Waals surface area contributed by atoms with E-state index in [1.54, 1.807) is 37.6 Å². The number of hydrogen-bond acceptors (Lipinski definition) is 5. The second-order valence-electron chi connectivity index (χ2n) is 6.12. The Hall–Kier alpha value is -3.29. The second-order valence-corrected chi connectivity index (χ2v) is 6.12. The van der Waals surface area contributed by atoms with Gasteiger partial charge in [0.25, 0.3) is 0 Å². The summed E-state index contributed by atoms with van der Waals surface area (Å²) in [5.41, 5.74) is 2.36. The number of rotatable bonds is 7. The Morgan fingerprint density at radius 1 is 1.22 bits per heavy atom. The van der Waals surface area contributed by atoms with Crippen LogP contribution < -0.4 is 4.74 Å². The molecule has 3 aromatic rings. The van der Waals surface area contributed by atoms with E-state index in [1.165, 1.54) is 15.6 Å². The number of benzene rings is 1. The molecule has 7 nitrogen and oxygen atoms in total. The van der Waals surface area contributed by atoms with Crippen LogP contribution in [0.5, 0.6) is 5.75 Å². The van der Waals surface area contributed by atoms with E-state index in [4.69, 9.17) is 4.74 Å². The van der Waals surface area contributed by atoms with Crippen molar-refractivity contribution in [1.82, 2.24) is 24.9 Å². The van der Waals surface area contributed by atoms with Crippen molar-refractivity contribution in [2.24, 2.45) is 0 Å². The fourth-order valence-electron chi connectivity index (χ4n) is 2.35. The molecule has 0 atom stereocenters. The van der Waals surface area contributed by atoms with E-state index in [2.05, 4.69) is 15.3 Å². The maximum Gasteiger partial charge on any atom is 0.244 e. The van der Waals surface area contributed by atoms with Crippen LogP contribution >= 0.6 is 0 Å². The normalized spacial score (nSPS) is 10.6. The van der Waals surface area contributed by atoms with Crippen molar-refractivity contribution in [3.8, 4) is 17.1 Å². The first-order valence-corrected chi connectivity index (χ1v) is 8.47. The van der Waals surface area contributed by atoms with Gasteiger partial charge in [-0.1, -0.05) is 23.4 Å². The van der Waals surface area contributed by atoms with Gasteiger partial charge in [-0.25, -0.2) is 9.07 Å². The van der Waals surface area contributed by atoms with E-state index in [-0.39, 0.29) is 24.8 Å². The molecule has 8 heteroatoms. The lowest BCUT2D eigenvalue weighted by Gasteiger charge is -2.17. The van der Waals surface area contributed by atoms with Gasteiger partial charge in [0.2, 0.25) is 5.91 Å². The summed E-state index contributed by atoms with van der Waals surface area (Å²) >= 11 is 0. The lowest BCUT2D eigenvalue weighted by atomic mass is 10.2. The van der Waals surface area contributed by atoms with E-state index in [9.17, 15) is 9.18 Å². The van der Waals surface area contributed by atoms with Gasteiger partial charge in [-0.15, -0.1) is 5.10 Å². The van der Waals surface area contributed by atoms with Crippen molar-refractivity contribution in [2.45, 2.75) is 13.5 Å².